The van der Waals surface area contributed by atoms with E-state index in [0.717, 1.165) is 45.6 Å². The molecule has 26 heavy (non-hydrogen) atoms. The topological polar surface area (TPSA) is 61.7 Å². The van der Waals surface area contributed by atoms with E-state index < -0.39 is 0 Å². The van der Waals surface area contributed by atoms with E-state index >= 15 is 0 Å². The first-order chi connectivity index (χ1) is 12.6. The number of piperidine rings is 2. The van der Waals surface area contributed by atoms with Crippen LogP contribution in [0.4, 0.5) is 0 Å². The monoisotopic (exact) mass is 361 g/mol. The van der Waals surface area contributed by atoms with E-state index in [0.29, 0.717) is 12.2 Å². The van der Waals surface area contributed by atoms with Crippen molar-refractivity contribution in [3.05, 3.63) is 18.2 Å². The molecule has 0 radical (unpaired) electrons. The predicted octanol–water partition coefficient (Wildman–Crippen LogP) is 1.36. The Labute approximate surface area is 156 Å². The molecule has 2 fully saturated rings. The second kappa shape index (κ2) is 8.66. The minimum Gasteiger partial charge on any atom is -0.337 e. The van der Waals surface area contributed by atoms with Crippen LogP contribution < -0.4 is 0 Å². The summed E-state index contributed by atoms with van der Waals surface area (Å²) in [6.07, 6.45) is 9.00. The Morgan fingerprint density at radius 2 is 1.96 bits per heavy atom. The quantitative estimate of drug-likeness (QED) is 0.794. The highest BCUT2D eigenvalue weighted by molar-refractivity contribution is 5.92. The van der Waals surface area contributed by atoms with E-state index in [1.165, 1.54) is 19.3 Å². The first-order valence-corrected chi connectivity index (χ1v) is 9.81. The van der Waals surface area contributed by atoms with Gasteiger partial charge in [0, 0.05) is 46.2 Å². The van der Waals surface area contributed by atoms with Gasteiger partial charge in [-0.2, -0.15) is 0 Å². The number of rotatable bonds is 5. The fourth-order valence-electron chi connectivity index (χ4n) is 4.15. The molecule has 0 saturated carbocycles. The molecule has 2 saturated heterocycles. The van der Waals surface area contributed by atoms with Gasteiger partial charge in [0.2, 0.25) is 5.91 Å². The molecule has 0 aromatic carbocycles. The lowest BCUT2D eigenvalue weighted by Gasteiger charge is -2.40. The molecule has 2 aliphatic heterocycles. The summed E-state index contributed by atoms with van der Waals surface area (Å²) in [7, 11) is 1.84. The van der Waals surface area contributed by atoms with Crippen LogP contribution in [-0.4, -0.2) is 81.4 Å². The van der Waals surface area contributed by atoms with Crippen molar-refractivity contribution in [2.75, 3.05) is 39.3 Å². The molecule has 1 atom stereocenters. The van der Waals surface area contributed by atoms with Gasteiger partial charge in [-0.3, -0.25) is 9.59 Å². The standard InChI is InChI=1S/C19H31N5O2/c1-16(25)24(12-11-22-8-4-3-5-9-22)17-7-6-10-23(14-17)19(26)18-13-20-15-21(18)2/h13,15,17H,3-12,14H2,1-2H3. The third-order valence-corrected chi connectivity index (χ3v) is 5.67. The van der Waals surface area contributed by atoms with E-state index in [1.807, 2.05) is 16.8 Å². The highest BCUT2D eigenvalue weighted by Gasteiger charge is 2.30. The molecule has 1 unspecified atom stereocenters. The summed E-state index contributed by atoms with van der Waals surface area (Å²) in [6.45, 7) is 6.99. The fraction of sp³-hybridized carbons (Fsp3) is 0.737. The van der Waals surface area contributed by atoms with Crippen LogP contribution in [0.25, 0.3) is 0 Å². The second-order valence-corrected chi connectivity index (χ2v) is 7.55. The van der Waals surface area contributed by atoms with Gasteiger partial charge in [0.15, 0.2) is 0 Å². The zero-order valence-electron chi connectivity index (χ0n) is 16.1. The highest BCUT2D eigenvalue weighted by Crippen LogP contribution is 2.19. The Bertz CT molecular complexity index is 623. The lowest BCUT2D eigenvalue weighted by atomic mass is 10.0. The fourth-order valence-corrected chi connectivity index (χ4v) is 4.15. The first kappa shape index (κ1) is 18.9. The van der Waals surface area contributed by atoms with Crippen LogP contribution >= 0.6 is 0 Å². The summed E-state index contributed by atoms with van der Waals surface area (Å²) in [5, 5.41) is 0. The molecule has 0 spiro atoms. The van der Waals surface area contributed by atoms with Gasteiger partial charge in [-0.25, -0.2) is 4.98 Å². The van der Waals surface area contributed by atoms with Crippen LogP contribution in [-0.2, 0) is 11.8 Å². The summed E-state index contributed by atoms with van der Waals surface area (Å²) in [5.41, 5.74) is 0.605. The Hall–Kier alpha value is -1.89. The first-order valence-electron chi connectivity index (χ1n) is 9.81. The molecule has 2 amide bonds. The maximum Gasteiger partial charge on any atom is 0.272 e. The maximum atomic E-state index is 12.8. The molecular formula is C19H31N5O2. The minimum absolute atomic E-state index is 0.00855. The van der Waals surface area contributed by atoms with Crippen molar-refractivity contribution < 1.29 is 9.59 Å². The summed E-state index contributed by atoms with van der Waals surface area (Å²) < 4.78 is 1.76. The predicted molar refractivity (Wildman–Crippen MR) is 99.8 cm³/mol. The largest absolute Gasteiger partial charge is 0.337 e. The Balaban J connectivity index is 1.60. The third kappa shape index (κ3) is 4.44. The van der Waals surface area contributed by atoms with E-state index in [4.69, 9.17) is 0 Å². The molecule has 1 aromatic heterocycles. The Kier molecular flexibility index (Phi) is 6.29. The van der Waals surface area contributed by atoms with Crippen molar-refractivity contribution in [2.45, 2.75) is 45.1 Å². The smallest absolute Gasteiger partial charge is 0.272 e. The summed E-state index contributed by atoms with van der Waals surface area (Å²) in [4.78, 5) is 35.4. The molecule has 7 nitrogen and oxygen atoms in total. The molecule has 0 bridgehead atoms. The molecule has 7 heteroatoms. The zero-order valence-corrected chi connectivity index (χ0v) is 16.1. The molecule has 0 aliphatic carbocycles. The Morgan fingerprint density at radius 1 is 1.19 bits per heavy atom. The summed E-state index contributed by atoms with van der Waals surface area (Å²) in [6, 6.07) is 0.114. The number of imidazole rings is 1. The number of carbonyl (C=O) groups is 2. The van der Waals surface area contributed by atoms with Crippen LogP contribution in [0, 0.1) is 0 Å². The number of likely N-dealkylation sites (tertiary alicyclic amines) is 2. The zero-order chi connectivity index (χ0) is 18.5. The van der Waals surface area contributed by atoms with Crippen molar-refractivity contribution in [3.8, 4) is 0 Å². The van der Waals surface area contributed by atoms with Gasteiger partial charge in [0.25, 0.3) is 5.91 Å². The molecule has 3 rings (SSSR count). The van der Waals surface area contributed by atoms with Gasteiger partial charge in [-0.05, 0) is 38.8 Å². The molecular weight excluding hydrogens is 330 g/mol. The van der Waals surface area contributed by atoms with Crippen LogP contribution in [0.5, 0.6) is 0 Å². The van der Waals surface area contributed by atoms with E-state index in [9.17, 15) is 9.59 Å². The van der Waals surface area contributed by atoms with Crippen molar-refractivity contribution in [1.29, 1.82) is 0 Å². The molecule has 144 valence electrons. The van der Waals surface area contributed by atoms with Gasteiger partial charge in [0.1, 0.15) is 5.69 Å². The van der Waals surface area contributed by atoms with Crippen LogP contribution in [0.1, 0.15) is 49.5 Å². The number of nitrogens with zero attached hydrogens (tertiary/aromatic N) is 5. The van der Waals surface area contributed by atoms with Crippen LogP contribution in [0.15, 0.2) is 12.5 Å². The van der Waals surface area contributed by atoms with Gasteiger partial charge >= 0.3 is 0 Å². The number of aryl methyl sites for hydroxylation is 1. The minimum atomic E-state index is 0.00855. The van der Waals surface area contributed by atoms with Crippen molar-refractivity contribution in [3.63, 3.8) is 0 Å². The Morgan fingerprint density at radius 3 is 2.62 bits per heavy atom. The lowest BCUT2D eigenvalue weighted by molar-refractivity contribution is -0.132. The number of amides is 2. The number of hydrogen-bond acceptors (Lipinski definition) is 4. The second-order valence-electron chi connectivity index (χ2n) is 7.55. The third-order valence-electron chi connectivity index (χ3n) is 5.67. The molecule has 1 aromatic rings. The van der Waals surface area contributed by atoms with Crippen molar-refractivity contribution in [1.82, 2.24) is 24.3 Å². The van der Waals surface area contributed by atoms with E-state index in [-0.39, 0.29) is 17.9 Å². The van der Waals surface area contributed by atoms with E-state index in [2.05, 4.69) is 9.88 Å². The van der Waals surface area contributed by atoms with Crippen LogP contribution in [0.2, 0.25) is 0 Å². The average molecular weight is 361 g/mol. The number of carbonyl (C=O) groups excluding carboxylic acids is 2. The van der Waals surface area contributed by atoms with Crippen molar-refractivity contribution >= 4 is 11.8 Å². The van der Waals surface area contributed by atoms with Gasteiger partial charge < -0.3 is 19.3 Å². The average Bonchev–Trinajstić information content (AvgIpc) is 3.08. The normalized spacial score (nSPS) is 21.6. The molecule has 2 aliphatic rings. The van der Waals surface area contributed by atoms with Gasteiger partial charge in [-0.15, -0.1) is 0 Å². The molecule has 3 heterocycles. The van der Waals surface area contributed by atoms with Gasteiger partial charge in [0.05, 0.1) is 12.5 Å². The summed E-state index contributed by atoms with van der Waals surface area (Å²) in [5.74, 6) is 0.121. The number of aromatic nitrogens is 2. The van der Waals surface area contributed by atoms with Crippen LogP contribution in [0.3, 0.4) is 0 Å². The van der Waals surface area contributed by atoms with E-state index in [1.54, 1.807) is 24.0 Å². The SMILES string of the molecule is CC(=O)N(CCN1CCCCC1)C1CCCN(C(=O)c2cncn2C)C1. The van der Waals surface area contributed by atoms with Gasteiger partial charge in [-0.1, -0.05) is 6.42 Å². The molecule has 0 N–H and O–H groups in total. The van der Waals surface area contributed by atoms with Crippen molar-refractivity contribution in [2.24, 2.45) is 7.05 Å². The number of hydrogen-bond donors (Lipinski definition) is 0. The lowest BCUT2D eigenvalue weighted by Crippen LogP contribution is -2.53. The summed E-state index contributed by atoms with van der Waals surface area (Å²) >= 11 is 0. The highest BCUT2D eigenvalue weighted by atomic mass is 16.2. The maximum absolute atomic E-state index is 12.8.